The van der Waals surface area contributed by atoms with E-state index in [1.165, 1.54) is 11.0 Å². The van der Waals surface area contributed by atoms with Crippen molar-refractivity contribution >= 4 is 23.6 Å². The molecule has 1 atom stereocenters. The molecule has 5 rings (SSSR count). The highest BCUT2D eigenvalue weighted by Crippen LogP contribution is 2.26. The Morgan fingerprint density at radius 3 is 2.27 bits per heavy atom. The predicted molar refractivity (Wildman–Crippen MR) is 119 cm³/mol. The van der Waals surface area contributed by atoms with Crippen LogP contribution in [0.5, 0.6) is 0 Å². The number of hydrogen-bond donors (Lipinski definition) is 0. The topological polar surface area (TPSA) is 87.2 Å². The number of carbonyl (C=O) groups excluding carboxylic acids is 4. The summed E-state index contributed by atoms with van der Waals surface area (Å²) >= 11 is 0. The first-order valence-electron chi connectivity index (χ1n) is 11.3. The average molecular weight is 447 g/mol. The Labute approximate surface area is 191 Å². The first-order chi connectivity index (χ1) is 16.0. The van der Waals surface area contributed by atoms with E-state index in [1.807, 2.05) is 30.3 Å². The molecule has 0 aromatic heterocycles. The third-order valence-corrected chi connectivity index (χ3v) is 6.48. The molecule has 2 saturated heterocycles. The Balaban J connectivity index is 1.25. The van der Waals surface area contributed by atoms with Gasteiger partial charge in [-0.2, -0.15) is 0 Å². The number of nitrogens with zero attached hydrogens (tertiary/aromatic N) is 3. The number of ether oxygens (including phenoxy) is 1. The number of hydrogen-bond acceptors (Lipinski definition) is 5. The molecule has 0 N–H and O–H groups in total. The summed E-state index contributed by atoms with van der Waals surface area (Å²) in [6, 6.07) is 14.0. The van der Waals surface area contributed by atoms with Gasteiger partial charge in [0.2, 0.25) is 0 Å². The van der Waals surface area contributed by atoms with Crippen molar-refractivity contribution < 1.29 is 23.9 Å². The number of fused-ring (bicyclic) bond motifs is 1. The number of benzene rings is 2. The molecule has 33 heavy (non-hydrogen) atoms. The molecule has 2 aromatic carbocycles. The molecule has 2 aromatic rings. The maximum absolute atomic E-state index is 13.1. The van der Waals surface area contributed by atoms with E-state index in [9.17, 15) is 19.2 Å². The Bertz CT molecular complexity index is 1100. The fourth-order valence-corrected chi connectivity index (χ4v) is 4.62. The molecule has 3 aliphatic rings. The van der Waals surface area contributed by atoms with Crippen molar-refractivity contribution in [2.75, 3.05) is 32.8 Å². The standard InChI is InChI=1S/C25H25N3O5/c29-22(26-10-12-27(13-11-26)25(32)21-7-4-14-33-21)18-8-9-19-20(15-18)24(31)28(23(19)30)16-17-5-2-1-3-6-17/h1-3,5-6,8-9,15,21H,4,7,10-14,16H2. The second kappa shape index (κ2) is 8.78. The number of carbonyl (C=O) groups is 4. The number of imide groups is 1. The van der Waals surface area contributed by atoms with Gasteiger partial charge in [-0.15, -0.1) is 0 Å². The Morgan fingerprint density at radius 1 is 0.879 bits per heavy atom. The van der Waals surface area contributed by atoms with E-state index < -0.39 is 0 Å². The highest BCUT2D eigenvalue weighted by atomic mass is 16.5. The Morgan fingerprint density at radius 2 is 1.58 bits per heavy atom. The molecule has 0 bridgehead atoms. The number of piperazine rings is 1. The van der Waals surface area contributed by atoms with Crippen LogP contribution in [-0.2, 0) is 16.1 Å². The Hall–Kier alpha value is -3.52. The first kappa shape index (κ1) is 21.3. The Kier molecular flexibility index (Phi) is 5.68. The highest BCUT2D eigenvalue weighted by molar-refractivity contribution is 6.22. The third-order valence-electron chi connectivity index (χ3n) is 6.48. The van der Waals surface area contributed by atoms with Crippen molar-refractivity contribution in [1.29, 1.82) is 0 Å². The van der Waals surface area contributed by atoms with Crippen LogP contribution in [0.3, 0.4) is 0 Å². The fourth-order valence-electron chi connectivity index (χ4n) is 4.62. The van der Waals surface area contributed by atoms with Gasteiger partial charge >= 0.3 is 0 Å². The minimum absolute atomic E-state index is 0.000235. The summed E-state index contributed by atoms with van der Waals surface area (Å²) < 4.78 is 5.48. The zero-order valence-electron chi connectivity index (χ0n) is 18.2. The zero-order valence-corrected chi connectivity index (χ0v) is 18.2. The normalized spacial score (nSPS) is 20.4. The van der Waals surface area contributed by atoms with Crippen LogP contribution in [0.4, 0.5) is 0 Å². The monoisotopic (exact) mass is 447 g/mol. The lowest BCUT2D eigenvalue weighted by atomic mass is 10.0. The molecule has 3 aliphatic heterocycles. The van der Waals surface area contributed by atoms with Gasteiger partial charge < -0.3 is 14.5 Å². The third kappa shape index (κ3) is 4.02. The smallest absolute Gasteiger partial charge is 0.261 e. The molecule has 0 spiro atoms. The molecule has 4 amide bonds. The lowest BCUT2D eigenvalue weighted by Gasteiger charge is -2.35. The number of amides is 4. The van der Waals surface area contributed by atoms with Crippen LogP contribution in [0.2, 0.25) is 0 Å². The summed E-state index contributed by atoms with van der Waals surface area (Å²) in [7, 11) is 0. The highest BCUT2D eigenvalue weighted by Gasteiger charge is 2.37. The lowest BCUT2D eigenvalue weighted by molar-refractivity contribution is -0.142. The maximum atomic E-state index is 13.1. The van der Waals surface area contributed by atoms with Crippen LogP contribution in [0.15, 0.2) is 48.5 Å². The van der Waals surface area contributed by atoms with Crippen LogP contribution in [0.1, 0.15) is 49.5 Å². The summed E-state index contributed by atoms with van der Waals surface area (Å²) in [6.45, 7) is 2.56. The van der Waals surface area contributed by atoms with Gasteiger partial charge in [-0.25, -0.2) is 0 Å². The van der Waals surface area contributed by atoms with Crippen LogP contribution in [0, 0.1) is 0 Å². The molecule has 0 radical (unpaired) electrons. The van der Waals surface area contributed by atoms with Crippen molar-refractivity contribution in [3.8, 4) is 0 Å². The van der Waals surface area contributed by atoms with Crippen molar-refractivity contribution in [1.82, 2.24) is 14.7 Å². The van der Waals surface area contributed by atoms with Crippen LogP contribution < -0.4 is 0 Å². The van der Waals surface area contributed by atoms with Gasteiger partial charge in [0.05, 0.1) is 17.7 Å². The van der Waals surface area contributed by atoms with E-state index >= 15 is 0 Å². The van der Waals surface area contributed by atoms with E-state index in [-0.39, 0.29) is 41.8 Å². The number of rotatable bonds is 4. The maximum Gasteiger partial charge on any atom is 0.261 e. The van der Waals surface area contributed by atoms with Crippen molar-refractivity contribution in [3.63, 3.8) is 0 Å². The molecule has 0 saturated carbocycles. The summed E-state index contributed by atoms with van der Waals surface area (Å²) in [5.41, 5.74) is 1.81. The van der Waals surface area contributed by atoms with Crippen LogP contribution in [-0.4, -0.2) is 77.2 Å². The minimum atomic E-state index is -0.388. The average Bonchev–Trinajstić information content (AvgIpc) is 3.48. The van der Waals surface area contributed by atoms with Gasteiger partial charge in [0.1, 0.15) is 6.10 Å². The van der Waals surface area contributed by atoms with Crippen LogP contribution in [0.25, 0.3) is 0 Å². The van der Waals surface area contributed by atoms with Gasteiger partial charge in [-0.3, -0.25) is 24.1 Å². The molecule has 0 aliphatic carbocycles. The second-order valence-corrected chi connectivity index (χ2v) is 8.56. The van der Waals surface area contributed by atoms with E-state index in [4.69, 9.17) is 4.74 Å². The SMILES string of the molecule is O=C(c1ccc2c(c1)C(=O)N(Cc1ccccc1)C2=O)N1CCN(C(=O)C2CCCO2)CC1. The van der Waals surface area contributed by atoms with Gasteiger partial charge in [-0.1, -0.05) is 30.3 Å². The molecule has 8 heteroatoms. The van der Waals surface area contributed by atoms with Gasteiger partial charge in [0.15, 0.2) is 0 Å². The van der Waals surface area contributed by atoms with Crippen LogP contribution >= 0.6 is 0 Å². The van der Waals surface area contributed by atoms with Crippen molar-refractivity contribution in [3.05, 3.63) is 70.8 Å². The predicted octanol–water partition coefficient (Wildman–Crippen LogP) is 1.95. The van der Waals surface area contributed by atoms with E-state index in [1.54, 1.807) is 21.9 Å². The lowest BCUT2D eigenvalue weighted by Crippen LogP contribution is -2.52. The molecule has 8 nitrogen and oxygen atoms in total. The van der Waals surface area contributed by atoms with Crippen molar-refractivity contribution in [2.24, 2.45) is 0 Å². The molecule has 1 unspecified atom stereocenters. The van der Waals surface area contributed by atoms with Gasteiger partial charge in [0.25, 0.3) is 23.6 Å². The largest absolute Gasteiger partial charge is 0.368 e. The quantitative estimate of drug-likeness (QED) is 0.669. The minimum Gasteiger partial charge on any atom is -0.368 e. The second-order valence-electron chi connectivity index (χ2n) is 8.56. The molecule has 3 heterocycles. The summed E-state index contributed by atoms with van der Waals surface area (Å²) in [4.78, 5) is 56.0. The summed E-state index contributed by atoms with van der Waals surface area (Å²) in [6.07, 6.45) is 1.30. The van der Waals surface area contributed by atoms with Crippen molar-refractivity contribution in [2.45, 2.75) is 25.5 Å². The summed E-state index contributed by atoms with van der Waals surface area (Å²) in [5, 5.41) is 0. The van der Waals surface area contributed by atoms with E-state index in [2.05, 4.69) is 0 Å². The molecular formula is C25H25N3O5. The molecular weight excluding hydrogens is 422 g/mol. The van der Waals surface area contributed by atoms with Gasteiger partial charge in [-0.05, 0) is 36.6 Å². The van der Waals surface area contributed by atoms with Gasteiger partial charge in [0, 0.05) is 38.3 Å². The zero-order chi connectivity index (χ0) is 22.9. The molecule has 170 valence electrons. The van der Waals surface area contributed by atoms with E-state index in [0.717, 1.165) is 18.4 Å². The fraction of sp³-hybridized carbons (Fsp3) is 0.360. The molecule has 2 fully saturated rings. The first-order valence-corrected chi connectivity index (χ1v) is 11.3. The summed E-state index contributed by atoms with van der Waals surface area (Å²) in [5.74, 6) is -0.942. The van der Waals surface area contributed by atoms with E-state index in [0.29, 0.717) is 43.9 Å².